The van der Waals surface area contributed by atoms with E-state index in [-0.39, 0.29) is 5.97 Å². The van der Waals surface area contributed by atoms with Gasteiger partial charge >= 0.3 is 5.97 Å². The first kappa shape index (κ1) is 11.4. The monoisotopic (exact) mass is 275 g/mol. The molecule has 0 spiro atoms. The third-order valence-corrected chi connectivity index (χ3v) is 4.09. The summed E-state index contributed by atoms with van der Waals surface area (Å²) in [5, 5.41) is 3.96. The van der Waals surface area contributed by atoms with Crippen molar-refractivity contribution in [3.05, 3.63) is 50.5 Å². The average Bonchev–Trinajstić information content (AvgIpc) is 3.04. The third-order valence-electron chi connectivity index (χ3n) is 2.39. The smallest absolute Gasteiger partial charge is 0.363 e. The lowest BCUT2D eigenvalue weighted by Crippen LogP contribution is -2.05. The minimum atomic E-state index is -0.366. The van der Waals surface area contributed by atoms with E-state index in [1.165, 1.54) is 0 Å². The van der Waals surface area contributed by atoms with Gasteiger partial charge in [-0.1, -0.05) is 12.1 Å². The average molecular weight is 275 g/mol. The van der Waals surface area contributed by atoms with Crippen LogP contribution in [0.4, 0.5) is 0 Å². The van der Waals surface area contributed by atoms with Gasteiger partial charge in [0.1, 0.15) is 0 Å². The Kier molecular flexibility index (Phi) is 3.08. The van der Waals surface area contributed by atoms with Gasteiger partial charge in [-0.05, 0) is 29.0 Å². The van der Waals surface area contributed by atoms with Crippen LogP contribution in [0.1, 0.15) is 9.75 Å². The summed E-state index contributed by atoms with van der Waals surface area (Å²) in [6, 6.07) is 7.85. The molecule has 0 aromatic carbocycles. The Balaban J connectivity index is 1.81. The van der Waals surface area contributed by atoms with E-state index in [2.05, 4.69) is 4.99 Å². The number of cyclic esters (lactones) is 1. The van der Waals surface area contributed by atoms with Gasteiger partial charge in [-0.15, -0.1) is 22.7 Å². The maximum atomic E-state index is 11.6. The molecule has 5 heteroatoms. The maximum Gasteiger partial charge on any atom is 0.363 e. The lowest BCUT2D eigenvalue weighted by atomic mass is 10.3. The first-order valence-corrected chi connectivity index (χ1v) is 7.14. The zero-order chi connectivity index (χ0) is 12.4. The number of aliphatic imine (C=N–C) groups is 1. The molecule has 0 atom stereocenters. The van der Waals surface area contributed by atoms with Gasteiger partial charge in [0.2, 0.25) is 5.90 Å². The fourth-order valence-electron chi connectivity index (χ4n) is 1.60. The molecular formula is C13H9NO2S2. The van der Waals surface area contributed by atoms with E-state index in [9.17, 15) is 4.79 Å². The molecule has 1 aliphatic rings. The zero-order valence-electron chi connectivity index (χ0n) is 9.33. The molecule has 0 fully saturated rings. The van der Waals surface area contributed by atoms with E-state index in [0.29, 0.717) is 18.0 Å². The van der Waals surface area contributed by atoms with Crippen molar-refractivity contribution in [3.8, 4) is 0 Å². The van der Waals surface area contributed by atoms with Crippen molar-refractivity contribution >= 4 is 40.6 Å². The fourth-order valence-corrected chi connectivity index (χ4v) is 2.95. The van der Waals surface area contributed by atoms with Crippen LogP contribution in [0.25, 0.3) is 6.08 Å². The molecule has 0 amide bonds. The van der Waals surface area contributed by atoms with Crippen molar-refractivity contribution < 1.29 is 9.53 Å². The van der Waals surface area contributed by atoms with Crippen molar-refractivity contribution in [1.82, 2.24) is 0 Å². The lowest BCUT2D eigenvalue weighted by Gasteiger charge is -1.95. The Morgan fingerprint density at radius 2 is 2.06 bits per heavy atom. The van der Waals surface area contributed by atoms with Gasteiger partial charge in [0.25, 0.3) is 0 Å². The highest BCUT2D eigenvalue weighted by Crippen LogP contribution is 2.20. The number of esters is 1. The number of carbonyl (C=O) groups is 1. The first-order chi connectivity index (χ1) is 8.81. The highest BCUT2D eigenvalue weighted by Gasteiger charge is 2.23. The highest BCUT2D eigenvalue weighted by atomic mass is 32.1. The molecule has 18 heavy (non-hydrogen) atoms. The van der Waals surface area contributed by atoms with Crippen LogP contribution in [0, 0.1) is 0 Å². The van der Waals surface area contributed by atoms with Crippen LogP contribution in [-0.4, -0.2) is 11.9 Å². The normalized spacial score (nSPS) is 17.0. The number of hydrogen-bond acceptors (Lipinski definition) is 5. The molecule has 0 aliphatic carbocycles. The predicted molar refractivity (Wildman–Crippen MR) is 73.8 cm³/mol. The summed E-state index contributed by atoms with van der Waals surface area (Å²) in [7, 11) is 0. The van der Waals surface area contributed by atoms with E-state index in [1.54, 1.807) is 28.7 Å². The Morgan fingerprint density at radius 3 is 2.78 bits per heavy atom. The van der Waals surface area contributed by atoms with Crippen molar-refractivity contribution in [1.29, 1.82) is 0 Å². The molecule has 0 bridgehead atoms. The van der Waals surface area contributed by atoms with Crippen LogP contribution in [0.3, 0.4) is 0 Å². The third kappa shape index (κ3) is 2.42. The fraction of sp³-hybridized carbons (Fsp3) is 0.0769. The molecule has 90 valence electrons. The second-order valence-corrected chi connectivity index (χ2v) is 5.71. The molecule has 2 aromatic rings. The second-order valence-electron chi connectivity index (χ2n) is 3.70. The van der Waals surface area contributed by atoms with E-state index in [1.807, 2.05) is 35.0 Å². The summed E-state index contributed by atoms with van der Waals surface area (Å²) in [6.07, 6.45) is 2.33. The summed E-state index contributed by atoms with van der Waals surface area (Å²) in [5.41, 5.74) is 0.379. The van der Waals surface area contributed by atoms with E-state index in [0.717, 1.165) is 9.75 Å². The molecule has 3 heterocycles. The Morgan fingerprint density at radius 1 is 1.22 bits per heavy atom. The van der Waals surface area contributed by atoms with E-state index < -0.39 is 0 Å². The molecule has 0 radical (unpaired) electrons. The molecule has 0 saturated heterocycles. The Hall–Kier alpha value is -1.72. The van der Waals surface area contributed by atoms with Gasteiger partial charge in [0, 0.05) is 9.75 Å². The van der Waals surface area contributed by atoms with Gasteiger partial charge < -0.3 is 4.74 Å². The number of nitrogens with zero attached hydrogens (tertiary/aromatic N) is 1. The summed E-state index contributed by atoms with van der Waals surface area (Å²) >= 11 is 3.20. The van der Waals surface area contributed by atoms with Gasteiger partial charge in [-0.2, -0.15) is 0 Å². The van der Waals surface area contributed by atoms with E-state index >= 15 is 0 Å². The number of thiophene rings is 2. The van der Waals surface area contributed by atoms with Gasteiger partial charge in [0.05, 0.1) is 6.42 Å². The molecule has 3 nitrogen and oxygen atoms in total. The van der Waals surface area contributed by atoms with Crippen molar-refractivity contribution in [3.63, 3.8) is 0 Å². The molecule has 1 aliphatic heterocycles. The van der Waals surface area contributed by atoms with Gasteiger partial charge in [-0.3, -0.25) is 0 Å². The van der Waals surface area contributed by atoms with Crippen molar-refractivity contribution in [2.24, 2.45) is 4.99 Å². The summed E-state index contributed by atoms with van der Waals surface area (Å²) in [6.45, 7) is 0. The minimum absolute atomic E-state index is 0.366. The van der Waals surface area contributed by atoms with Crippen LogP contribution in [0.5, 0.6) is 0 Å². The van der Waals surface area contributed by atoms with Crippen molar-refractivity contribution in [2.75, 3.05) is 0 Å². The number of rotatable bonds is 3. The van der Waals surface area contributed by atoms with Crippen LogP contribution in [0.2, 0.25) is 0 Å². The van der Waals surface area contributed by atoms with Gasteiger partial charge in [-0.25, -0.2) is 9.79 Å². The maximum absolute atomic E-state index is 11.6. The quantitative estimate of drug-likeness (QED) is 0.636. The SMILES string of the molecule is O=C1OC(Cc2cccs2)=NC1=Cc1cccs1. The number of ether oxygens (including phenoxy) is 1. The van der Waals surface area contributed by atoms with Gasteiger partial charge in [0.15, 0.2) is 5.70 Å². The van der Waals surface area contributed by atoms with Crippen LogP contribution >= 0.6 is 22.7 Å². The lowest BCUT2D eigenvalue weighted by molar-refractivity contribution is -0.130. The topological polar surface area (TPSA) is 38.7 Å². The summed E-state index contributed by atoms with van der Waals surface area (Å²) in [5.74, 6) is 0.111. The highest BCUT2D eigenvalue weighted by molar-refractivity contribution is 7.11. The number of hydrogen-bond donors (Lipinski definition) is 0. The minimum Gasteiger partial charge on any atom is -0.406 e. The molecule has 2 aromatic heterocycles. The molecular weight excluding hydrogens is 266 g/mol. The Bertz CT molecular complexity index is 609. The van der Waals surface area contributed by atoms with Crippen LogP contribution in [0.15, 0.2) is 45.7 Å². The largest absolute Gasteiger partial charge is 0.406 e. The first-order valence-electron chi connectivity index (χ1n) is 5.38. The van der Waals surface area contributed by atoms with E-state index in [4.69, 9.17) is 4.74 Å². The standard InChI is InChI=1S/C13H9NO2S2/c15-13-11(7-9-3-1-5-17-9)14-12(16-13)8-10-4-2-6-18-10/h1-7H,8H2. The van der Waals surface area contributed by atoms with Crippen molar-refractivity contribution in [2.45, 2.75) is 6.42 Å². The zero-order valence-corrected chi connectivity index (χ0v) is 11.0. The molecule has 3 rings (SSSR count). The Labute approximate surface area is 112 Å². The predicted octanol–water partition coefficient (Wildman–Crippen LogP) is 3.35. The summed E-state index contributed by atoms with van der Waals surface area (Å²) in [4.78, 5) is 18.0. The number of carbonyl (C=O) groups excluding carboxylic acids is 1. The molecule has 0 unspecified atom stereocenters. The molecule has 0 saturated carbocycles. The van der Waals surface area contributed by atoms with Crippen LogP contribution < -0.4 is 0 Å². The summed E-state index contributed by atoms with van der Waals surface area (Å²) < 4.78 is 5.15. The molecule has 0 N–H and O–H groups in total. The van der Waals surface area contributed by atoms with Crippen LogP contribution in [-0.2, 0) is 16.0 Å². The second kappa shape index (κ2) is 4.88.